The summed E-state index contributed by atoms with van der Waals surface area (Å²) in [6.07, 6.45) is 5.25. The second kappa shape index (κ2) is 20.1. The van der Waals surface area contributed by atoms with Crippen molar-refractivity contribution in [2.24, 2.45) is 0 Å². The highest BCUT2D eigenvalue weighted by Gasteiger charge is 2.25. The second-order valence-electron chi connectivity index (χ2n) is 7.06. The van der Waals surface area contributed by atoms with Gasteiger partial charge in [0.15, 0.2) is 0 Å². The van der Waals surface area contributed by atoms with Gasteiger partial charge in [-0.3, -0.25) is 0 Å². The number of hydrogen-bond acceptors (Lipinski definition) is 0. The van der Waals surface area contributed by atoms with Crippen molar-refractivity contribution in [3.8, 4) is 0 Å². The summed E-state index contributed by atoms with van der Waals surface area (Å²) in [4.78, 5) is 0. The molecule has 2 aliphatic rings. The first kappa shape index (κ1) is 32.8. The van der Waals surface area contributed by atoms with Crippen LogP contribution >= 0.6 is 46.4 Å². The van der Waals surface area contributed by atoms with Crippen LogP contribution in [0.25, 0.3) is 0 Å². The fraction of sp³-hybridized carbons (Fsp3) is 0.400. The van der Waals surface area contributed by atoms with Crippen LogP contribution in [0.4, 0.5) is 0 Å². The average molecular weight is 542 g/mol. The zero-order valence-electron chi connectivity index (χ0n) is 21.4. The SMILES string of the molecule is CC.CC.CC.Clc1ccc(C2CC2)cc1.Clc1ccc(Cl)c(C2CC2)c1.Clc1ccccc1. The van der Waals surface area contributed by atoms with Crippen LogP contribution in [0.1, 0.15) is 90.2 Å². The van der Waals surface area contributed by atoms with E-state index in [4.69, 9.17) is 46.4 Å². The average Bonchev–Trinajstić information content (AvgIpc) is 3.80. The molecule has 0 amide bonds. The highest BCUT2D eigenvalue weighted by atomic mass is 35.5. The summed E-state index contributed by atoms with van der Waals surface area (Å²) in [6, 6.07) is 23.3. The molecule has 3 aromatic carbocycles. The maximum Gasteiger partial charge on any atom is 0.0441 e. The third-order valence-corrected chi connectivity index (χ3v) is 5.71. The van der Waals surface area contributed by atoms with Crippen LogP contribution < -0.4 is 0 Å². The molecule has 0 aliphatic heterocycles. The Hall–Kier alpha value is -1.18. The number of halogens is 4. The fourth-order valence-corrected chi connectivity index (χ4v) is 3.51. The van der Waals surface area contributed by atoms with Crippen LogP contribution in [0.5, 0.6) is 0 Å². The number of benzene rings is 3. The summed E-state index contributed by atoms with van der Waals surface area (Å²) >= 11 is 23.1. The quantitative estimate of drug-likeness (QED) is 0.302. The van der Waals surface area contributed by atoms with Gasteiger partial charge in [-0.15, -0.1) is 0 Å². The van der Waals surface area contributed by atoms with Gasteiger partial charge in [-0.25, -0.2) is 0 Å². The van der Waals surface area contributed by atoms with Crippen LogP contribution in [0.15, 0.2) is 72.8 Å². The Balaban J connectivity index is 0.000000440. The molecule has 0 radical (unpaired) electrons. The Bertz CT molecular complexity index is 868. The second-order valence-corrected chi connectivity index (χ2v) is 8.78. The molecule has 0 atom stereocenters. The Labute approximate surface area is 228 Å². The van der Waals surface area contributed by atoms with Gasteiger partial charge >= 0.3 is 0 Å². The minimum atomic E-state index is 0.682. The summed E-state index contributed by atoms with van der Waals surface area (Å²) in [6.45, 7) is 12.0. The normalized spacial score (nSPS) is 12.9. The third-order valence-electron chi connectivity index (χ3n) is 4.63. The fourth-order valence-electron chi connectivity index (χ4n) is 2.79. The number of rotatable bonds is 2. The molecule has 2 saturated carbocycles. The highest BCUT2D eigenvalue weighted by Crippen LogP contribution is 2.44. The molecule has 0 N–H and O–H groups in total. The van der Waals surface area contributed by atoms with Gasteiger partial charge in [-0.2, -0.15) is 0 Å². The van der Waals surface area contributed by atoms with Crippen LogP contribution in [0.2, 0.25) is 20.1 Å². The van der Waals surface area contributed by atoms with E-state index in [1.54, 1.807) is 0 Å². The van der Waals surface area contributed by atoms with Crippen molar-refractivity contribution in [1.82, 2.24) is 0 Å². The number of hydrogen-bond donors (Lipinski definition) is 0. The predicted octanol–water partition coefficient (Wildman–Crippen LogP) is 12.5. The van der Waals surface area contributed by atoms with Crippen molar-refractivity contribution in [1.29, 1.82) is 0 Å². The first-order valence-electron chi connectivity index (χ1n) is 12.4. The van der Waals surface area contributed by atoms with E-state index < -0.39 is 0 Å². The zero-order valence-corrected chi connectivity index (χ0v) is 24.4. The predicted molar refractivity (Wildman–Crippen MR) is 157 cm³/mol. The molecule has 0 nitrogen and oxygen atoms in total. The first-order chi connectivity index (χ1) is 16.5. The largest absolute Gasteiger partial charge is 0.0843 e. The van der Waals surface area contributed by atoms with Gasteiger partial charge in [0.25, 0.3) is 0 Å². The molecule has 0 unspecified atom stereocenters. The maximum atomic E-state index is 5.97. The van der Waals surface area contributed by atoms with E-state index in [-0.39, 0.29) is 0 Å². The van der Waals surface area contributed by atoms with Gasteiger partial charge in [0.1, 0.15) is 0 Å². The summed E-state index contributed by atoms with van der Waals surface area (Å²) in [5.74, 6) is 1.53. The Kier molecular flexibility index (Phi) is 19.4. The molecule has 0 saturated heterocycles. The topological polar surface area (TPSA) is 0 Å². The van der Waals surface area contributed by atoms with Gasteiger partial charge < -0.3 is 0 Å². The van der Waals surface area contributed by atoms with E-state index in [0.717, 1.165) is 26.0 Å². The van der Waals surface area contributed by atoms with Crippen molar-refractivity contribution in [2.75, 3.05) is 0 Å². The minimum Gasteiger partial charge on any atom is -0.0843 e. The van der Waals surface area contributed by atoms with E-state index in [9.17, 15) is 0 Å². The summed E-state index contributed by atoms with van der Waals surface area (Å²) in [5, 5.41) is 3.28. The molecular formula is C30H40Cl4. The Morgan fingerprint density at radius 2 is 0.941 bits per heavy atom. The standard InChI is InChI=1S/C9H8Cl2.C9H9Cl.C6H5Cl.3C2H6/c10-7-3-4-9(11)8(5-7)6-1-2-6;10-9-5-3-8(4-6-9)7-1-2-7;7-6-4-2-1-3-5-6;3*1-2/h3-6H,1-2H2;3-7H,1-2H2;1-5H;3*1-2H3. The van der Waals surface area contributed by atoms with Crippen molar-refractivity contribution >= 4 is 46.4 Å². The third kappa shape index (κ3) is 14.3. The van der Waals surface area contributed by atoms with Crippen LogP contribution in [0, 0.1) is 0 Å². The van der Waals surface area contributed by atoms with E-state index in [2.05, 4.69) is 12.1 Å². The molecule has 3 aromatic rings. The van der Waals surface area contributed by atoms with Crippen molar-refractivity contribution in [3.05, 3.63) is 104 Å². The lowest BCUT2D eigenvalue weighted by molar-refractivity contribution is 1.13. The lowest BCUT2D eigenvalue weighted by Gasteiger charge is -2.00. The van der Waals surface area contributed by atoms with E-state index >= 15 is 0 Å². The summed E-state index contributed by atoms with van der Waals surface area (Å²) in [7, 11) is 0. The molecular weight excluding hydrogens is 502 g/mol. The molecule has 0 bridgehead atoms. The van der Waals surface area contributed by atoms with Gasteiger partial charge in [0.2, 0.25) is 0 Å². The van der Waals surface area contributed by atoms with Gasteiger partial charge in [-0.1, -0.05) is 118 Å². The molecule has 0 spiro atoms. The monoisotopic (exact) mass is 540 g/mol. The molecule has 5 rings (SSSR count). The van der Waals surface area contributed by atoms with Crippen molar-refractivity contribution < 1.29 is 0 Å². The smallest absolute Gasteiger partial charge is 0.0441 e. The van der Waals surface area contributed by atoms with Crippen LogP contribution in [0.3, 0.4) is 0 Å². The summed E-state index contributed by atoms with van der Waals surface area (Å²) < 4.78 is 0. The molecule has 0 aromatic heterocycles. The van der Waals surface area contributed by atoms with Crippen LogP contribution in [-0.4, -0.2) is 0 Å². The first-order valence-corrected chi connectivity index (χ1v) is 13.9. The van der Waals surface area contributed by atoms with E-state index in [0.29, 0.717) is 5.92 Å². The Morgan fingerprint density at radius 3 is 1.35 bits per heavy atom. The van der Waals surface area contributed by atoms with Crippen LogP contribution in [-0.2, 0) is 0 Å². The minimum absolute atomic E-state index is 0.682. The maximum absolute atomic E-state index is 5.97. The highest BCUT2D eigenvalue weighted by molar-refractivity contribution is 6.33. The molecule has 2 aliphatic carbocycles. The Morgan fingerprint density at radius 1 is 0.500 bits per heavy atom. The van der Waals surface area contributed by atoms with E-state index in [1.165, 1.54) is 36.8 Å². The zero-order chi connectivity index (χ0) is 25.9. The molecule has 2 fully saturated rings. The van der Waals surface area contributed by atoms with Gasteiger partial charge in [0.05, 0.1) is 0 Å². The lowest BCUT2D eigenvalue weighted by atomic mass is 10.1. The molecule has 4 heteroatoms. The summed E-state index contributed by atoms with van der Waals surface area (Å²) in [5.41, 5.74) is 2.67. The molecule has 34 heavy (non-hydrogen) atoms. The molecule has 0 heterocycles. The van der Waals surface area contributed by atoms with E-state index in [1.807, 2.05) is 102 Å². The molecule has 188 valence electrons. The van der Waals surface area contributed by atoms with Gasteiger partial charge in [0, 0.05) is 20.1 Å². The van der Waals surface area contributed by atoms with Gasteiger partial charge in [-0.05, 0) is 91.1 Å². The van der Waals surface area contributed by atoms with Crippen molar-refractivity contribution in [3.63, 3.8) is 0 Å². The van der Waals surface area contributed by atoms with Crippen molar-refractivity contribution in [2.45, 2.75) is 79.1 Å². The lowest BCUT2D eigenvalue weighted by Crippen LogP contribution is -1.80.